The van der Waals surface area contributed by atoms with E-state index in [0.29, 0.717) is 43.0 Å². The van der Waals surface area contributed by atoms with Gasteiger partial charge in [0.1, 0.15) is 23.3 Å². The Bertz CT molecular complexity index is 1780. The average Bonchev–Trinajstić information content (AvgIpc) is 3.50. The molecule has 2 aromatic heterocycles. The second-order valence-corrected chi connectivity index (χ2v) is 12.0. The first-order chi connectivity index (χ1) is 22.6. The van der Waals surface area contributed by atoms with Crippen LogP contribution in [0.15, 0.2) is 67.0 Å². The van der Waals surface area contributed by atoms with Crippen molar-refractivity contribution >= 4 is 29.3 Å². The predicted molar refractivity (Wildman–Crippen MR) is 170 cm³/mol. The summed E-state index contributed by atoms with van der Waals surface area (Å²) in [5.74, 6) is -1.23. The van der Waals surface area contributed by atoms with E-state index >= 15 is 0 Å². The molecule has 1 aliphatic heterocycles. The Hall–Kier alpha value is -5.47. The fourth-order valence-corrected chi connectivity index (χ4v) is 4.73. The first-order valence-corrected chi connectivity index (χ1v) is 14.9. The standard InChI is InChI=1S/C33H33F4N7O4/c1-32(2,3)48-31(46)44-13-12-24(18-44)47-30-27(38)39-17-26(43-30)20-6-4-19(5-7-20)15-40-28-25(14-21(16-41-28)33(35,36)37)29(45)42-23-10-8-22(34)9-11-23/h4-11,14,16-17,24H,12-13,15,18H2,1-3H3,(H2,38,39)(H,40,41)(H,42,45). The van der Waals surface area contributed by atoms with E-state index in [0.717, 1.165) is 17.7 Å². The summed E-state index contributed by atoms with van der Waals surface area (Å²) in [4.78, 5) is 39.5. The molecule has 1 aliphatic rings. The number of pyridine rings is 1. The van der Waals surface area contributed by atoms with Crippen LogP contribution in [-0.4, -0.2) is 56.6 Å². The molecular formula is C33H33F4N7O4. The molecule has 11 nitrogen and oxygen atoms in total. The number of rotatable bonds is 8. The molecule has 5 rings (SSSR count). The molecule has 1 fully saturated rings. The summed E-state index contributed by atoms with van der Waals surface area (Å²) in [6.07, 6.45) is -2.79. The van der Waals surface area contributed by atoms with Crippen LogP contribution in [0.2, 0.25) is 0 Å². The lowest BCUT2D eigenvalue weighted by molar-refractivity contribution is -0.137. The SMILES string of the molecule is CC(C)(C)OC(=O)N1CCC(Oc2nc(-c3ccc(CNc4ncc(C(F)(F)F)cc4C(=O)Nc4ccc(F)cc4)cc3)cnc2N)C1. The highest BCUT2D eigenvalue weighted by Gasteiger charge is 2.33. The van der Waals surface area contributed by atoms with Gasteiger partial charge in [0, 0.05) is 37.0 Å². The Morgan fingerprint density at radius 3 is 2.40 bits per heavy atom. The minimum atomic E-state index is -4.72. The fourth-order valence-electron chi connectivity index (χ4n) is 4.73. The molecule has 0 aliphatic carbocycles. The number of carbonyl (C=O) groups is 2. The van der Waals surface area contributed by atoms with E-state index in [9.17, 15) is 27.2 Å². The number of halogens is 4. The molecule has 2 aromatic carbocycles. The Balaban J connectivity index is 1.25. The van der Waals surface area contributed by atoms with Crippen LogP contribution in [0.1, 0.15) is 48.7 Å². The van der Waals surface area contributed by atoms with Crippen molar-refractivity contribution in [2.24, 2.45) is 0 Å². The van der Waals surface area contributed by atoms with Crippen LogP contribution in [-0.2, 0) is 17.5 Å². The van der Waals surface area contributed by atoms with Crippen molar-refractivity contribution in [2.45, 2.75) is 51.6 Å². The highest BCUT2D eigenvalue weighted by atomic mass is 19.4. The van der Waals surface area contributed by atoms with Crippen molar-refractivity contribution in [3.63, 3.8) is 0 Å². The lowest BCUT2D eigenvalue weighted by atomic mass is 10.1. The van der Waals surface area contributed by atoms with E-state index < -0.39 is 35.2 Å². The molecule has 2 amide bonds. The quantitative estimate of drug-likeness (QED) is 0.179. The second kappa shape index (κ2) is 13.7. The van der Waals surface area contributed by atoms with Crippen molar-refractivity contribution in [3.05, 3.63) is 89.5 Å². The molecule has 3 heterocycles. The molecule has 4 N–H and O–H groups in total. The first-order valence-electron chi connectivity index (χ1n) is 14.9. The van der Waals surface area contributed by atoms with Gasteiger partial charge < -0.3 is 30.7 Å². The highest BCUT2D eigenvalue weighted by Crippen LogP contribution is 2.31. The Kier molecular flexibility index (Phi) is 9.68. The number of likely N-dealkylation sites (tertiary alicyclic amines) is 1. The molecule has 15 heteroatoms. The molecular weight excluding hydrogens is 634 g/mol. The van der Waals surface area contributed by atoms with Gasteiger partial charge in [-0.15, -0.1) is 0 Å². The Morgan fingerprint density at radius 1 is 1.02 bits per heavy atom. The maximum Gasteiger partial charge on any atom is 0.417 e. The lowest BCUT2D eigenvalue weighted by Gasteiger charge is -2.24. The van der Waals surface area contributed by atoms with E-state index in [1.807, 2.05) is 0 Å². The number of alkyl halides is 3. The number of aromatic nitrogens is 3. The van der Waals surface area contributed by atoms with Crippen LogP contribution < -0.4 is 21.1 Å². The van der Waals surface area contributed by atoms with E-state index in [1.165, 1.54) is 18.3 Å². The number of ether oxygens (including phenoxy) is 2. The zero-order valence-corrected chi connectivity index (χ0v) is 26.3. The third-order valence-electron chi connectivity index (χ3n) is 7.11. The number of carbonyl (C=O) groups excluding carboxylic acids is 2. The van der Waals surface area contributed by atoms with Gasteiger partial charge in [0.2, 0.25) is 0 Å². The summed E-state index contributed by atoms with van der Waals surface area (Å²) >= 11 is 0. The van der Waals surface area contributed by atoms with Gasteiger partial charge in [-0.25, -0.2) is 24.1 Å². The monoisotopic (exact) mass is 667 g/mol. The van der Waals surface area contributed by atoms with Gasteiger partial charge in [-0.1, -0.05) is 24.3 Å². The fraction of sp³-hybridized carbons (Fsp3) is 0.303. The molecule has 0 radical (unpaired) electrons. The number of hydrogen-bond donors (Lipinski definition) is 3. The number of amides is 2. The third-order valence-corrected chi connectivity index (χ3v) is 7.11. The van der Waals surface area contributed by atoms with Crippen LogP contribution in [0.3, 0.4) is 0 Å². The van der Waals surface area contributed by atoms with Crippen LogP contribution in [0, 0.1) is 5.82 Å². The van der Waals surface area contributed by atoms with E-state index in [-0.39, 0.29) is 41.4 Å². The molecule has 4 aromatic rings. The predicted octanol–water partition coefficient (Wildman–Crippen LogP) is 6.53. The summed E-state index contributed by atoms with van der Waals surface area (Å²) in [6, 6.07) is 12.6. The smallest absolute Gasteiger partial charge is 0.417 e. The molecule has 0 saturated carbocycles. The zero-order chi connectivity index (χ0) is 34.6. The molecule has 1 unspecified atom stereocenters. The molecule has 0 bridgehead atoms. The van der Waals surface area contributed by atoms with Gasteiger partial charge in [0.25, 0.3) is 11.8 Å². The maximum absolute atomic E-state index is 13.4. The van der Waals surface area contributed by atoms with Crippen LogP contribution in [0.25, 0.3) is 11.3 Å². The number of hydrogen-bond acceptors (Lipinski definition) is 9. The molecule has 252 valence electrons. The van der Waals surface area contributed by atoms with Gasteiger partial charge in [-0.2, -0.15) is 13.2 Å². The highest BCUT2D eigenvalue weighted by molar-refractivity contribution is 6.07. The maximum atomic E-state index is 13.4. The molecule has 0 spiro atoms. The molecule has 1 atom stereocenters. The van der Waals surface area contributed by atoms with Crippen molar-refractivity contribution < 1.29 is 36.6 Å². The summed E-state index contributed by atoms with van der Waals surface area (Å²) in [6.45, 7) is 6.28. The summed E-state index contributed by atoms with van der Waals surface area (Å²) in [5, 5.41) is 5.39. The average molecular weight is 668 g/mol. The number of nitrogens with two attached hydrogens (primary N) is 1. The molecule has 48 heavy (non-hydrogen) atoms. The van der Waals surface area contributed by atoms with E-state index in [4.69, 9.17) is 15.2 Å². The largest absolute Gasteiger partial charge is 0.470 e. The van der Waals surface area contributed by atoms with Crippen molar-refractivity contribution in [2.75, 3.05) is 29.5 Å². The van der Waals surface area contributed by atoms with Gasteiger partial charge in [-0.3, -0.25) is 4.79 Å². The topological polar surface area (TPSA) is 145 Å². The van der Waals surface area contributed by atoms with Gasteiger partial charge in [0.15, 0.2) is 5.82 Å². The second-order valence-electron chi connectivity index (χ2n) is 12.0. The van der Waals surface area contributed by atoms with E-state index in [2.05, 4.69) is 25.6 Å². The van der Waals surface area contributed by atoms with Gasteiger partial charge in [-0.05, 0) is 56.7 Å². The minimum Gasteiger partial charge on any atom is -0.470 e. The number of benzene rings is 2. The van der Waals surface area contributed by atoms with E-state index in [1.54, 1.807) is 49.9 Å². The zero-order valence-electron chi connectivity index (χ0n) is 26.3. The van der Waals surface area contributed by atoms with Gasteiger partial charge >= 0.3 is 12.3 Å². The summed E-state index contributed by atoms with van der Waals surface area (Å²) in [7, 11) is 0. The normalized spacial score (nSPS) is 14.8. The lowest BCUT2D eigenvalue weighted by Crippen LogP contribution is -2.36. The number of nitrogens with one attached hydrogen (secondary N) is 2. The van der Waals surface area contributed by atoms with Crippen LogP contribution >= 0.6 is 0 Å². The van der Waals surface area contributed by atoms with Gasteiger partial charge in [0.05, 0.1) is 29.6 Å². The first kappa shape index (κ1) is 33.9. The number of anilines is 3. The molecule has 1 saturated heterocycles. The van der Waals surface area contributed by atoms with Crippen molar-refractivity contribution in [3.8, 4) is 17.1 Å². The Labute approximate surface area is 273 Å². The van der Waals surface area contributed by atoms with Crippen molar-refractivity contribution in [1.29, 1.82) is 0 Å². The summed E-state index contributed by atoms with van der Waals surface area (Å²) < 4.78 is 65.0. The van der Waals surface area contributed by atoms with Crippen LogP contribution in [0.5, 0.6) is 5.88 Å². The number of nitrogen functional groups attached to an aromatic ring is 1. The number of nitrogens with zero attached hydrogens (tertiary/aromatic N) is 4. The summed E-state index contributed by atoms with van der Waals surface area (Å²) in [5.41, 5.74) is 6.07. The van der Waals surface area contributed by atoms with Crippen molar-refractivity contribution in [1.82, 2.24) is 19.9 Å². The van der Waals surface area contributed by atoms with Crippen LogP contribution in [0.4, 0.5) is 39.7 Å². The third kappa shape index (κ3) is 8.66. The Morgan fingerprint density at radius 2 is 1.73 bits per heavy atom. The minimum absolute atomic E-state index is 0.0740.